The van der Waals surface area contributed by atoms with Gasteiger partial charge in [-0.15, -0.1) is 0 Å². The predicted molar refractivity (Wildman–Crippen MR) is 67.3 cm³/mol. The lowest BCUT2D eigenvalue weighted by molar-refractivity contribution is 1.01. The summed E-state index contributed by atoms with van der Waals surface area (Å²) in [5, 5.41) is 1.36. The van der Waals surface area contributed by atoms with E-state index in [1.54, 1.807) is 0 Å². The molecule has 0 aliphatic carbocycles. The van der Waals surface area contributed by atoms with Crippen molar-refractivity contribution >= 4 is 28.6 Å². The Hall–Kier alpha value is -1.45. The van der Waals surface area contributed by atoms with Crippen LogP contribution >= 0.6 is 11.6 Å². The monoisotopic (exact) mass is 233 g/mol. The Bertz CT molecular complexity index is 523. The maximum Gasteiger partial charge on any atom is 0.140 e. The van der Waals surface area contributed by atoms with Crippen molar-refractivity contribution in [2.45, 2.75) is 6.42 Å². The molecule has 0 bridgehead atoms. The molecule has 1 aromatic carbocycles. The molecule has 0 fully saturated rings. The molecule has 0 aliphatic heterocycles. The third-order valence-corrected chi connectivity index (χ3v) is 2.56. The van der Waals surface area contributed by atoms with E-state index in [9.17, 15) is 0 Å². The minimum Gasteiger partial charge on any atom is -0.330 e. The highest BCUT2D eigenvalue weighted by Crippen LogP contribution is 2.20. The van der Waals surface area contributed by atoms with E-state index in [4.69, 9.17) is 17.3 Å². The number of fused-ring (bicyclic) bond motifs is 1. The Balaban J connectivity index is 2.37. The Kier molecular flexibility index (Phi) is 3.49. The second-order valence-electron chi connectivity index (χ2n) is 3.42. The lowest BCUT2D eigenvalue weighted by atomic mass is 10.1. The summed E-state index contributed by atoms with van der Waals surface area (Å²) in [5.74, 6) is 0. The molecule has 2 rings (SSSR count). The van der Waals surface area contributed by atoms with E-state index in [0.29, 0.717) is 11.7 Å². The average molecular weight is 234 g/mol. The summed E-state index contributed by atoms with van der Waals surface area (Å²) >= 11 is 5.95. The molecule has 1 heterocycles. The smallest absolute Gasteiger partial charge is 0.140 e. The highest BCUT2D eigenvalue weighted by molar-refractivity contribution is 6.34. The van der Waals surface area contributed by atoms with Crippen molar-refractivity contribution in [3.63, 3.8) is 0 Å². The SMILES string of the molecule is NCCC=Cc1ccc2c(Cl)ncnc2c1. The highest BCUT2D eigenvalue weighted by Gasteiger charge is 2.00. The van der Waals surface area contributed by atoms with E-state index in [1.165, 1.54) is 6.33 Å². The van der Waals surface area contributed by atoms with Gasteiger partial charge in [0.25, 0.3) is 0 Å². The lowest BCUT2D eigenvalue weighted by Crippen LogP contribution is -1.94. The molecule has 4 heteroatoms. The molecule has 1 aromatic heterocycles. The molecule has 0 amide bonds. The third kappa shape index (κ3) is 2.38. The van der Waals surface area contributed by atoms with Gasteiger partial charge in [-0.1, -0.05) is 29.8 Å². The summed E-state index contributed by atoms with van der Waals surface area (Å²) in [5.41, 5.74) is 7.36. The van der Waals surface area contributed by atoms with Crippen LogP contribution < -0.4 is 5.73 Å². The van der Waals surface area contributed by atoms with Crippen LogP contribution in [-0.4, -0.2) is 16.5 Å². The van der Waals surface area contributed by atoms with E-state index in [1.807, 2.05) is 30.4 Å². The van der Waals surface area contributed by atoms with Gasteiger partial charge in [0.05, 0.1) is 5.52 Å². The fourth-order valence-corrected chi connectivity index (χ4v) is 1.66. The molecule has 2 aromatic rings. The molecular formula is C12H12ClN3. The summed E-state index contributed by atoms with van der Waals surface area (Å²) in [6, 6.07) is 5.90. The summed E-state index contributed by atoms with van der Waals surface area (Å²) in [6.07, 6.45) is 6.42. The number of nitrogens with zero attached hydrogens (tertiary/aromatic N) is 2. The van der Waals surface area contributed by atoms with Crippen molar-refractivity contribution in [2.24, 2.45) is 5.73 Å². The van der Waals surface area contributed by atoms with Crippen LogP contribution in [0.1, 0.15) is 12.0 Å². The van der Waals surface area contributed by atoms with E-state index in [2.05, 4.69) is 9.97 Å². The summed E-state index contributed by atoms with van der Waals surface area (Å²) in [7, 11) is 0. The quantitative estimate of drug-likeness (QED) is 0.830. The van der Waals surface area contributed by atoms with Gasteiger partial charge < -0.3 is 5.73 Å². The largest absolute Gasteiger partial charge is 0.330 e. The zero-order valence-corrected chi connectivity index (χ0v) is 9.48. The molecule has 0 saturated carbocycles. The van der Waals surface area contributed by atoms with Gasteiger partial charge in [0, 0.05) is 5.39 Å². The zero-order valence-electron chi connectivity index (χ0n) is 8.73. The van der Waals surface area contributed by atoms with Crippen LogP contribution in [0.4, 0.5) is 0 Å². The van der Waals surface area contributed by atoms with Gasteiger partial charge >= 0.3 is 0 Å². The second kappa shape index (κ2) is 5.05. The van der Waals surface area contributed by atoms with Gasteiger partial charge in [0.2, 0.25) is 0 Å². The molecule has 0 saturated heterocycles. The molecule has 0 radical (unpaired) electrons. The minimum absolute atomic E-state index is 0.488. The van der Waals surface area contributed by atoms with Gasteiger partial charge in [0.15, 0.2) is 0 Å². The standard InChI is InChI=1S/C12H12ClN3/c13-12-10-5-4-9(3-1-2-6-14)7-11(10)15-8-16-12/h1,3-5,7-8H,2,6,14H2. The zero-order chi connectivity index (χ0) is 11.4. The maximum atomic E-state index is 5.95. The number of rotatable bonds is 3. The normalized spacial score (nSPS) is 11.4. The number of hydrogen-bond acceptors (Lipinski definition) is 3. The van der Waals surface area contributed by atoms with Gasteiger partial charge in [-0.05, 0) is 30.7 Å². The van der Waals surface area contributed by atoms with Crippen molar-refractivity contribution in [1.82, 2.24) is 9.97 Å². The van der Waals surface area contributed by atoms with Gasteiger partial charge in [-0.2, -0.15) is 0 Å². The summed E-state index contributed by atoms with van der Waals surface area (Å²) < 4.78 is 0. The fourth-order valence-electron chi connectivity index (χ4n) is 1.46. The van der Waals surface area contributed by atoms with Crippen molar-refractivity contribution in [1.29, 1.82) is 0 Å². The molecule has 0 atom stereocenters. The van der Waals surface area contributed by atoms with E-state index in [0.717, 1.165) is 22.9 Å². The number of hydrogen-bond donors (Lipinski definition) is 1. The molecular weight excluding hydrogens is 222 g/mol. The summed E-state index contributed by atoms with van der Waals surface area (Å²) in [6.45, 7) is 0.665. The maximum absolute atomic E-state index is 5.95. The van der Waals surface area contributed by atoms with Crippen LogP contribution in [0.5, 0.6) is 0 Å². The van der Waals surface area contributed by atoms with Gasteiger partial charge in [0.1, 0.15) is 11.5 Å². The Morgan fingerprint density at radius 1 is 1.31 bits per heavy atom. The average Bonchev–Trinajstić information content (AvgIpc) is 2.30. The lowest BCUT2D eigenvalue weighted by Gasteiger charge is -1.99. The molecule has 0 unspecified atom stereocenters. The van der Waals surface area contributed by atoms with E-state index >= 15 is 0 Å². The van der Waals surface area contributed by atoms with E-state index < -0.39 is 0 Å². The topological polar surface area (TPSA) is 51.8 Å². The minimum atomic E-state index is 0.488. The second-order valence-corrected chi connectivity index (χ2v) is 3.78. The Labute approximate surface area is 99.0 Å². The molecule has 0 spiro atoms. The number of halogens is 1. The van der Waals surface area contributed by atoms with Crippen molar-refractivity contribution in [3.05, 3.63) is 41.3 Å². The first-order valence-corrected chi connectivity index (χ1v) is 5.46. The Morgan fingerprint density at radius 3 is 3.00 bits per heavy atom. The Morgan fingerprint density at radius 2 is 2.19 bits per heavy atom. The first kappa shape index (κ1) is 11.0. The molecule has 0 aliphatic rings. The summed E-state index contributed by atoms with van der Waals surface area (Å²) in [4.78, 5) is 8.11. The number of benzene rings is 1. The van der Waals surface area contributed by atoms with Crippen LogP contribution in [0.25, 0.3) is 17.0 Å². The van der Waals surface area contributed by atoms with Crippen LogP contribution in [0.15, 0.2) is 30.6 Å². The first-order chi connectivity index (χ1) is 7.81. The highest BCUT2D eigenvalue weighted by atomic mass is 35.5. The van der Waals surface area contributed by atoms with Crippen molar-refractivity contribution in [2.75, 3.05) is 6.54 Å². The van der Waals surface area contributed by atoms with Crippen molar-refractivity contribution < 1.29 is 0 Å². The van der Waals surface area contributed by atoms with Gasteiger partial charge in [-0.25, -0.2) is 9.97 Å². The molecule has 2 N–H and O–H groups in total. The number of nitrogens with two attached hydrogens (primary N) is 1. The fraction of sp³-hybridized carbons (Fsp3) is 0.167. The molecule has 3 nitrogen and oxygen atoms in total. The van der Waals surface area contributed by atoms with E-state index in [-0.39, 0.29) is 0 Å². The predicted octanol–water partition coefficient (Wildman–Crippen LogP) is 2.65. The van der Waals surface area contributed by atoms with Crippen LogP contribution in [0.3, 0.4) is 0 Å². The van der Waals surface area contributed by atoms with Crippen molar-refractivity contribution in [3.8, 4) is 0 Å². The first-order valence-electron chi connectivity index (χ1n) is 5.08. The van der Waals surface area contributed by atoms with Gasteiger partial charge in [-0.3, -0.25) is 0 Å². The third-order valence-electron chi connectivity index (χ3n) is 2.26. The molecule has 82 valence electrons. The van der Waals surface area contributed by atoms with Crippen LogP contribution in [-0.2, 0) is 0 Å². The molecule has 16 heavy (non-hydrogen) atoms. The van der Waals surface area contributed by atoms with Crippen LogP contribution in [0.2, 0.25) is 5.15 Å². The van der Waals surface area contributed by atoms with Crippen LogP contribution in [0, 0.1) is 0 Å². The number of aromatic nitrogens is 2.